The van der Waals surface area contributed by atoms with E-state index in [0.29, 0.717) is 12.0 Å². The largest absolute Gasteiger partial charge is 0.480 e. The topological polar surface area (TPSA) is 67.4 Å². The van der Waals surface area contributed by atoms with E-state index in [-0.39, 0.29) is 30.5 Å². The number of carbonyl (C=O) groups excluding carboxylic acids is 2. The first-order valence-corrected chi connectivity index (χ1v) is 8.11. The Kier molecular flexibility index (Phi) is 4.97. The number of benzene rings is 2. The van der Waals surface area contributed by atoms with Crippen molar-refractivity contribution in [2.75, 3.05) is 13.1 Å². The lowest BCUT2D eigenvalue weighted by atomic mass is 10.1. The van der Waals surface area contributed by atoms with Gasteiger partial charge in [0.1, 0.15) is 11.6 Å². The molecular weight excluding hydrogens is 323 g/mol. The summed E-state index contributed by atoms with van der Waals surface area (Å²) in [6.07, 6.45) is -0.00362. The van der Waals surface area contributed by atoms with Gasteiger partial charge < -0.3 is 15.4 Å². The Morgan fingerprint density at radius 2 is 1.92 bits per heavy atom. The van der Waals surface area contributed by atoms with Crippen LogP contribution in [0.2, 0.25) is 0 Å². The van der Waals surface area contributed by atoms with Gasteiger partial charge in [0.25, 0.3) is 11.8 Å². The Morgan fingerprint density at radius 3 is 2.68 bits per heavy atom. The number of hydrogen-bond donors (Lipinski definition) is 2. The second-order valence-corrected chi connectivity index (χ2v) is 5.93. The van der Waals surface area contributed by atoms with Gasteiger partial charge in [-0.3, -0.25) is 9.59 Å². The van der Waals surface area contributed by atoms with Crippen LogP contribution < -0.4 is 15.4 Å². The monoisotopic (exact) mass is 342 g/mol. The van der Waals surface area contributed by atoms with Crippen LogP contribution in [-0.4, -0.2) is 31.0 Å². The SMILES string of the molecule is Cc1ccc(C(=O)NCCNC(=O)C2Cc3ccccc3O2)cc1F. The van der Waals surface area contributed by atoms with Gasteiger partial charge in [0.15, 0.2) is 6.10 Å². The quantitative estimate of drug-likeness (QED) is 0.817. The molecular formula is C19H19FN2O3. The van der Waals surface area contributed by atoms with Crippen LogP contribution in [0.15, 0.2) is 42.5 Å². The van der Waals surface area contributed by atoms with Crippen molar-refractivity contribution in [3.63, 3.8) is 0 Å². The Balaban J connectivity index is 1.42. The van der Waals surface area contributed by atoms with Crippen molar-refractivity contribution in [3.05, 3.63) is 65.0 Å². The molecule has 6 heteroatoms. The summed E-state index contributed by atoms with van der Waals surface area (Å²) in [5.41, 5.74) is 1.75. The average Bonchev–Trinajstić information content (AvgIpc) is 3.05. The first-order chi connectivity index (χ1) is 12.0. The van der Waals surface area contributed by atoms with Gasteiger partial charge >= 0.3 is 0 Å². The van der Waals surface area contributed by atoms with Gasteiger partial charge in [-0.2, -0.15) is 0 Å². The molecule has 1 unspecified atom stereocenters. The highest BCUT2D eigenvalue weighted by molar-refractivity contribution is 5.94. The second-order valence-electron chi connectivity index (χ2n) is 5.93. The molecule has 2 aromatic carbocycles. The minimum atomic E-state index is -0.542. The lowest BCUT2D eigenvalue weighted by Gasteiger charge is -2.12. The van der Waals surface area contributed by atoms with Crippen molar-refractivity contribution < 1.29 is 18.7 Å². The third kappa shape index (κ3) is 3.96. The van der Waals surface area contributed by atoms with Crippen molar-refractivity contribution >= 4 is 11.8 Å². The highest BCUT2D eigenvalue weighted by Crippen LogP contribution is 2.27. The van der Waals surface area contributed by atoms with E-state index in [2.05, 4.69) is 10.6 Å². The van der Waals surface area contributed by atoms with Gasteiger partial charge in [-0.05, 0) is 36.2 Å². The Hall–Kier alpha value is -2.89. The van der Waals surface area contributed by atoms with Gasteiger partial charge in [-0.15, -0.1) is 0 Å². The zero-order valence-corrected chi connectivity index (χ0v) is 13.8. The van der Waals surface area contributed by atoms with Crippen LogP contribution in [0.4, 0.5) is 4.39 Å². The predicted molar refractivity (Wildman–Crippen MR) is 91.0 cm³/mol. The van der Waals surface area contributed by atoms with E-state index in [4.69, 9.17) is 4.74 Å². The molecule has 0 aliphatic carbocycles. The van der Waals surface area contributed by atoms with Crippen LogP contribution in [0.25, 0.3) is 0 Å². The number of ether oxygens (including phenoxy) is 1. The van der Waals surface area contributed by atoms with Gasteiger partial charge in [0, 0.05) is 25.1 Å². The summed E-state index contributed by atoms with van der Waals surface area (Å²) in [6, 6.07) is 11.9. The number of nitrogens with one attached hydrogen (secondary N) is 2. The van der Waals surface area contributed by atoms with Gasteiger partial charge in [0.05, 0.1) is 0 Å². The first-order valence-electron chi connectivity index (χ1n) is 8.11. The summed E-state index contributed by atoms with van der Waals surface area (Å²) >= 11 is 0. The number of halogens is 1. The molecule has 0 bridgehead atoms. The second kappa shape index (κ2) is 7.34. The van der Waals surface area contributed by atoms with E-state index in [0.717, 1.165) is 11.3 Å². The van der Waals surface area contributed by atoms with Crippen molar-refractivity contribution in [3.8, 4) is 5.75 Å². The van der Waals surface area contributed by atoms with Gasteiger partial charge in [-0.25, -0.2) is 4.39 Å². The molecule has 0 spiro atoms. The van der Waals surface area contributed by atoms with Crippen LogP contribution >= 0.6 is 0 Å². The summed E-state index contributed by atoms with van der Waals surface area (Å²) in [5, 5.41) is 5.38. The molecule has 0 saturated heterocycles. The van der Waals surface area contributed by atoms with Crippen molar-refractivity contribution in [2.45, 2.75) is 19.4 Å². The number of fused-ring (bicyclic) bond motifs is 1. The molecule has 0 aromatic heterocycles. The number of rotatable bonds is 5. The highest BCUT2D eigenvalue weighted by atomic mass is 19.1. The summed E-state index contributed by atoms with van der Waals surface area (Å²) in [6.45, 7) is 2.16. The molecule has 5 nitrogen and oxygen atoms in total. The fourth-order valence-electron chi connectivity index (χ4n) is 2.64. The van der Waals surface area contributed by atoms with Crippen molar-refractivity contribution in [1.82, 2.24) is 10.6 Å². The van der Waals surface area contributed by atoms with Crippen LogP contribution in [0.5, 0.6) is 5.75 Å². The Bertz CT molecular complexity index is 782. The fraction of sp³-hybridized carbons (Fsp3) is 0.263. The summed E-state index contributed by atoms with van der Waals surface area (Å²) < 4.78 is 19.1. The number of para-hydroxylation sites is 1. The third-order valence-electron chi connectivity index (χ3n) is 4.08. The number of amides is 2. The first kappa shape index (κ1) is 17.0. The standard InChI is InChI=1S/C19H19FN2O3/c1-12-6-7-14(10-15(12)20)18(23)21-8-9-22-19(24)17-11-13-4-2-3-5-16(13)25-17/h2-7,10,17H,8-9,11H2,1H3,(H,21,23)(H,22,24). The molecule has 1 atom stereocenters. The molecule has 130 valence electrons. The molecule has 1 aliphatic heterocycles. The fourth-order valence-corrected chi connectivity index (χ4v) is 2.64. The third-order valence-corrected chi connectivity index (χ3v) is 4.08. The smallest absolute Gasteiger partial charge is 0.261 e. The van der Waals surface area contributed by atoms with Crippen LogP contribution in [0.3, 0.4) is 0 Å². The molecule has 2 amide bonds. The van der Waals surface area contributed by atoms with Crippen LogP contribution in [-0.2, 0) is 11.2 Å². The molecule has 0 radical (unpaired) electrons. The van der Waals surface area contributed by atoms with E-state index in [1.165, 1.54) is 6.07 Å². The van der Waals surface area contributed by atoms with E-state index in [1.807, 2.05) is 24.3 Å². The summed E-state index contributed by atoms with van der Waals surface area (Å²) in [5.74, 6) is -0.277. The van der Waals surface area contributed by atoms with Crippen molar-refractivity contribution in [1.29, 1.82) is 0 Å². The Labute approximate surface area is 145 Å². The van der Waals surface area contributed by atoms with Crippen molar-refractivity contribution in [2.24, 2.45) is 0 Å². The lowest BCUT2D eigenvalue weighted by Crippen LogP contribution is -2.41. The summed E-state index contributed by atoms with van der Waals surface area (Å²) in [4.78, 5) is 24.1. The maximum absolute atomic E-state index is 13.5. The summed E-state index contributed by atoms with van der Waals surface area (Å²) in [7, 11) is 0. The Morgan fingerprint density at radius 1 is 1.16 bits per heavy atom. The molecule has 1 aliphatic rings. The zero-order valence-electron chi connectivity index (χ0n) is 13.8. The van der Waals surface area contributed by atoms with Gasteiger partial charge in [-0.1, -0.05) is 24.3 Å². The van der Waals surface area contributed by atoms with E-state index in [9.17, 15) is 14.0 Å². The maximum Gasteiger partial charge on any atom is 0.261 e. The molecule has 2 N–H and O–H groups in total. The average molecular weight is 342 g/mol. The minimum absolute atomic E-state index is 0.216. The normalized spacial score (nSPS) is 15.2. The molecule has 1 heterocycles. The highest BCUT2D eigenvalue weighted by Gasteiger charge is 2.28. The van der Waals surface area contributed by atoms with E-state index < -0.39 is 11.9 Å². The molecule has 0 saturated carbocycles. The minimum Gasteiger partial charge on any atom is -0.480 e. The number of hydrogen-bond acceptors (Lipinski definition) is 3. The van der Waals surface area contributed by atoms with E-state index in [1.54, 1.807) is 19.1 Å². The van der Waals surface area contributed by atoms with Gasteiger partial charge in [0.2, 0.25) is 0 Å². The lowest BCUT2D eigenvalue weighted by molar-refractivity contribution is -0.127. The zero-order chi connectivity index (χ0) is 17.8. The van der Waals surface area contributed by atoms with Crippen LogP contribution in [0, 0.1) is 12.7 Å². The van der Waals surface area contributed by atoms with Crippen LogP contribution in [0.1, 0.15) is 21.5 Å². The maximum atomic E-state index is 13.5. The number of aryl methyl sites for hydroxylation is 1. The molecule has 2 aromatic rings. The molecule has 25 heavy (non-hydrogen) atoms. The van der Waals surface area contributed by atoms with E-state index >= 15 is 0 Å². The number of carbonyl (C=O) groups is 2. The molecule has 0 fully saturated rings. The molecule has 3 rings (SSSR count). The predicted octanol–water partition coefficient (Wildman–Crippen LogP) is 1.98.